The lowest BCUT2D eigenvalue weighted by Crippen LogP contribution is -2.25. The molecule has 6 heteroatoms. The minimum Gasteiger partial charge on any atom is -0.485 e. The topological polar surface area (TPSA) is 59.4 Å². The molecule has 0 fully saturated rings. The molecular weight excluding hydrogens is 244 g/mol. The van der Waals surface area contributed by atoms with E-state index in [2.05, 4.69) is 4.98 Å². The Balaban J connectivity index is 2.71. The number of ether oxygens (including phenoxy) is 1. The first-order valence-corrected chi connectivity index (χ1v) is 5.56. The molecule has 0 aromatic carbocycles. The molecule has 0 aliphatic heterocycles. The maximum Gasteiger partial charge on any atom is 0.354 e. The number of hydrogen-bond donors (Lipinski definition) is 1. The molecule has 0 aliphatic rings. The Bertz CT molecular complexity index is 435. The molecule has 1 heterocycles. The van der Waals surface area contributed by atoms with Gasteiger partial charge in [-0.2, -0.15) is 0 Å². The highest BCUT2D eigenvalue weighted by Crippen LogP contribution is 2.24. The number of nitrogens with zero attached hydrogens (tertiary/aromatic N) is 1. The largest absolute Gasteiger partial charge is 0.485 e. The molecule has 100 valence electrons. The van der Waals surface area contributed by atoms with E-state index < -0.39 is 18.5 Å². The van der Waals surface area contributed by atoms with E-state index in [4.69, 9.17) is 9.84 Å². The van der Waals surface area contributed by atoms with Gasteiger partial charge in [0.05, 0.1) is 6.20 Å². The molecule has 1 aromatic heterocycles. The van der Waals surface area contributed by atoms with Crippen molar-refractivity contribution in [2.45, 2.75) is 32.6 Å². The Morgan fingerprint density at radius 3 is 2.72 bits per heavy atom. The van der Waals surface area contributed by atoms with Gasteiger partial charge in [0, 0.05) is 6.42 Å². The third kappa shape index (κ3) is 3.94. The molecule has 0 saturated carbocycles. The number of carboxylic acid groups (broad SMARTS) is 1. The number of aromatic carboxylic acids is 1. The van der Waals surface area contributed by atoms with Gasteiger partial charge in [-0.05, 0) is 18.6 Å². The van der Waals surface area contributed by atoms with E-state index in [1.165, 1.54) is 6.07 Å². The van der Waals surface area contributed by atoms with Crippen molar-refractivity contribution in [2.75, 3.05) is 6.61 Å². The standard InChI is InChI=1S/C12H15F2NO3/c1-3-4-12(13,14)7-18-10-6-15-9(11(16)17)5-8(10)2/h5-6H,3-4,7H2,1-2H3,(H,16,17). The second-order valence-electron chi connectivity index (χ2n) is 4.03. The first kappa shape index (κ1) is 14.3. The summed E-state index contributed by atoms with van der Waals surface area (Å²) in [7, 11) is 0. The third-order valence-electron chi connectivity index (χ3n) is 2.34. The second kappa shape index (κ2) is 5.75. The molecule has 0 unspecified atom stereocenters. The maximum atomic E-state index is 13.2. The van der Waals surface area contributed by atoms with Crippen molar-refractivity contribution in [2.24, 2.45) is 0 Å². The molecule has 0 spiro atoms. The summed E-state index contributed by atoms with van der Waals surface area (Å²) in [6.07, 6.45) is 1.28. The first-order valence-electron chi connectivity index (χ1n) is 5.56. The van der Waals surface area contributed by atoms with E-state index in [0.717, 1.165) is 6.20 Å². The van der Waals surface area contributed by atoms with Crippen LogP contribution < -0.4 is 4.74 Å². The molecule has 1 rings (SSSR count). The van der Waals surface area contributed by atoms with Gasteiger partial charge in [-0.1, -0.05) is 13.3 Å². The number of carboxylic acids is 1. The molecule has 1 aromatic rings. The van der Waals surface area contributed by atoms with Crippen molar-refractivity contribution < 1.29 is 23.4 Å². The van der Waals surface area contributed by atoms with Crippen molar-refractivity contribution in [1.29, 1.82) is 0 Å². The number of halogens is 2. The van der Waals surface area contributed by atoms with Crippen LogP contribution in [0.2, 0.25) is 0 Å². The highest BCUT2D eigenvalue weighted by Gasteiger charge is 2.28. The van der Waals surface area contributed by atoms with Gasteiger partial charge in [-0.25, -0.2) is 18.6 Å². The van der Waals surface area contributed by atoms with E-state index in [-0.39, 0.29) is 17.9 Å². The van der Waals surface area contributed by atoms with E-state index in [1.54, 1.807) is 13.8 Å². The molecule has 0 bridgehead atoms. The van der Waals surface area contributed by atoms with Crippen molar-refractivity contribution in [1.82, 2.24) is 4.98 Å². The Hall–Kier alpha value is -1.72. The monoisotopic (exact) mass is 259 g/mol. The summed E-state index contributed by atoms with van der Waals surface area (Å²) >= 11 is 0. The highest BCUT2D eigenvalue weighted by atomic mass is 19.3. The molecule has 4 nitrogen and oxygen atoms in total. The van der Waals surface area contributed by atoms with Gasteiger partial charge in [-0.15, -0.1) is 0 Å². The molecule has 1 N–H and O–H groups in total. The zero-order valence-electron chi connectivity index (χ0n) is 10.2. The van der Waals surface area contributed by atoms with Gasteiger partial charge < -0.3 is 9.84 Å². The minimum absolute atomic E-state index is 0.139. The lowest BCUT2D eigenvalue weighted by Gasteiger charge is -2.17. The van der Waals surface area contributed by atoms with Crippen LogP contribution in [-0.4, -0.2) is 28.6 Å². The molecule has 0 radical (unpaired) electrons. The molecule has 18 heavy (non-hydrogen) atoms. The first-order chi connectivity index (χ1) is 8.35. The van der Waals surface area contributed by atoms with Gasteiger partial charge in [0.25, 0.3) is 5.92 Å². The van der Waals surface area contributed by atoms with Crippen LogP contribution in [-0.2, 0) is 0 Å². The Labute approximate surface area is 104 Å². The summed E-state index contributed by atoms with van der Waals surface area (Å²) in [5, 5.41) is 8.71. The zero-order valence-corrected chi connectivity index (χ0v) is 10.2. The summed E-state index contributed by atoms with van der Waals surface area (Å²) in [6, 6.07) is 1.29. The predicted octanol–water partition coefficient (Wildman–Crippen LogP) is 2.90. The fourth-order valence-corrected chi connectivity index (χ4v) is 1.43. The predicted molar refractivity (Wildman–Crippen MR) is 61.3 cm³/mol. The van der Waals surface area contributed by atoms with Gasteiger partial charge in [0.15, 0.2) is 6.61 Å². The lowest BCUT2D eigenvalue weighted by molar-refractivity contribution is -0.0483. The molecule has 0 saturated heterocycles. The number of pyridine rings is 1. The van der Waals surface area contributed by atoms with Crippen LogP contribution >= 0.6 is 0 Å². The van der Waals surface area contributed by atoms with E-state index in [1.807, 2.05) is 0 Å². The van der Waals surface area contributed by atoms with Crippen molar-refractivity contribution in [3.8, 4) is 5.75 Å². The molecule has 0 amide bonds. The average molecular weight is 259 g/mol. The Kier molecular flexibility index (Phi) is 4.58. The van der Waals surface area contributed by atoms with E-state index >= 15 is 0 Å². The van der Waals surface area contributed by atoms with Gasteiger partial charge in [-0.3, -0.25) is 0 Å². The number of alkyl halides is 2. The molecule has 0 atom stereocenters. The summed E-state index contributed by atoms with van der Waals surface area (Å²) < 4.78 is 31.4. The summed E-state index contributed by atoms with van der Waals surface area (Å²) in [4.78, 5) is 14.3. The van der Waals surface area contributed by atoms with Crippen molar-refractivity contribution in [3.63, 3.8) is 0 Å². The number of aryl methyl sites for hydroxylation is 1. The Morgan fingerprint density at radius 2 is 2.22 bits per heavy atom. The fourth-order valence-electron chi connectivity index (χ4n) is 1.43. The average Bonchev–Trinajstić information content (AvgIpc) is 2.27. The molecular formula is C12H15F2NO3. The van der Waals surface area contributed by atoms with E-state index in [0.29, 0.717) is 12.0 Å². The lowest BCUT2D eigenvalue weighted by atomic mass is 10.2. The third-order valence-corrected chi connectivity index (χ3v) is 2.34. The highest BCUT2D eigenvalue weighted by molar-refractivity contribution is 5.85. The van der Waals surface area contributed by atoms with Crippen LogP contribution in [0.3, 0.4) is 0 Å². The normalized spacial score (nSPS) is 11.3. The van der Waals surface area contributed by atoms with Crippen LogP contribution in [0.25, 0.3) is 0 Å². The fraction of sp³-hybridized carbons (Fsp3) is 0.500. The number of aromatic nitrogens is 1. The van der Waals surface area contributed by atoms with Gasteiger partial charge >= 0.3 is 5.97 Å². The van der Waals surface area contributed by atoms with E-state index in [9.17, 15) is 13.6 Å². The van der Waals surface area contributed by atoms with Gasteiger partial charge in [0.1, 0.15) is 11.4 Å². The smallest absolute Gasteiger partial charge is 0.354 e. The van der Waals surface area contributed by atoms with Gasteiger partial charge in [0.2, 0.25) is 0 Å². The maximum absolute atomic E-state index is 13.2. The van der Waals surface area contributed by atoms with Crippen LogP contribution in [0.1, 0.15) is 35.8 Å². The number of hydrogen-bond acceptors (Lipinski definition) is 3. The van der Waals surface area contributed by atoms with Crippen LogP contribution in [0, 0.1) is 6.92 Å². The minimum atomic E-state index is -2.88. The number of carbonyl (C=O) groups is 1. The Morgan fingerprint density at radius 1 is 1.56 bits per heavy atom. The summed E-state index contributed by atoms with van der Waals surface area (Å²) in [5.41, 5.74) is 0.329. The second-order valence-corrected chi connectivity index (χ2v) is 4.03. The quantitative estimate of drug-likeness (QED) is 0.853. The van der Waals surface area contributed by atoms with Crippen molar-refractivity contribution >= 4 is 5.97 Å². The van der Waals surface area contributed by atoms with Crippen LogP contribution in [0.5, 0.6) is 5.75 Å². The van der Waals surface area contributed by atoms with Crippen molar-refractivity contribution in [3.05, 3.63) is 23.5 Å². The SMILES string of the molecule is CCCC(F)(F)COc1cnc(C(=O)O)cc1C. The van der Waals surface area contributed by atoms with Crippen LogP contribution in [0.15, 0.2) is 12.3 Å². The summed E-state index contributed by atoms with van der Waals surface area (Å²) in [6.45, 7) is 2.53. The number of rotatable bonds is 6. The molecule has 0 aliphatic carbocycles. The van der Waals surface area contributed by atoms with Crippen LogP contribution in [0.4, 0.5) is 8.78 Å². The zero-order chi connectivity index (χ0) is 13.8. The summed E-state index contributed by atoms with van der Waals surface area (Å²) in [5.74, 6) is -3.87.